The Labute approximate surface area is 206 Å². The number of halogens is 1. The number of nitrogens with one attached hydrogen (secondary N) is 1. The van der Waals surface area contributed by atoms with Gasteiger partial charge in [-0.3, -0.25) is 4.99 Å². The highest BCUT2D eigenvalue weighted by molar-refractivity contribution is 14.0. The molecule has 0 unspecified atom stereocenters. The molecule has 0 saturated carbocycles. The summed E-state index contributed by atoms with van der Waals surface area (Å²) >= 11 is 0. The highest BCUT2D eigenvalue weighted by atomic mass is 127. The third kappa shape index (κ3) is 5.90. The van der Waals surface area contributed by atoms with Crippen LogP contribution in [-0.4, -0.2) is 66.0 Å². The van der Waals surface area contributed by atoms with Gasteiger partial charge in [0.15, 0.2) is 5.96 Å². The molecule has 3 aromatic rings. The fourth-order valence-corrected chi connectivity index (χ4v) is 3.90. The molecule has 0 atom stereocenters. The van der Waals surface area contributed by atoms with Crippen LogP contribution < -0.4 is 15.0 Å². The zero-order valence-electron chi connectivity index (χ0n) is 18.5. The average Bonchev–Trinajstić information content (AvgIpc) is 3.33. The maximum Gasteiger partial charge on any atom is 0.194 e. The monoisotopic (exact) mass is 547 g/mol. The van der Waals surface area contributed by atoms with Crippen LogP contribution in [0, 0.1) is 0 Å². The Kier molecular flexibility index (Phi) is 8.72. The number of benzene rings is 2. The molecule has 170 valence electrons. The van der Waals surface area contributed by atoms with Crippen molar-refractivity contribution in [2.24, 2.45) is 4.99 Å². The number of hydrogen-bond acceptors (Lipinski definition) is 5. The molecule has 1 aliphatic heterocycles. The summed E-state index contributed by atoms with van der Waals surface area (Å²) in [7, 11) is 3.57. The molecule has 0 radical (unpaired) electrons. The van der Waals surface area contributed by atoms with Gasteiger partial charge in [0.2, 0.25) is 0 Å². The number of rotatable bonds is 6. The van der Waals surface area contributed by atoms with Gasteiger partial charge in [0.1, 0.15) is 18.4 Å². The molecule has 9 heteroatoms. The highest BCUT2D eigenvalue weighted by Crippen LogP contribution is 2.28. The van der Waals surface area contributed by atoms with Crippen LogP contribution in [0.2, 0.25) is 0 Å². The normalized spacial score (nSPS) is 14.1. The molecule has 1 fully saturated rings. The largest absolute Gasteiger partial charge is 0.495 e. The molecular formula is C23H30IN7O. The van der Waals surface area contributed by atoms with Crippen LogP contribution >= 0.6 is 24.0 Å². The zero-order chi connectivity index (χ0) is 21.5. The lowest BCUT2D eigenvalue weighted by molar-refractivity contribution is 0.367. The van der Waals surface area contributed by atoms with E-state index in [1.807, 2.05) is 23.9 Å². The van der Waals surface area contributed by atoms with Gasteiger partial charge in [-0.25, -0.2) is 9.67 Å². The Morgan fingerprint density at radius 1 is 1.06 bits per heavy atom. The number of aromatic nitrogens is 3. The number of nitrogens with zero attached hydrogens (tertiary/aromatic N) is 6. The molecule has 1 saturated heterocycles. The van der Waals surface area contributed by atoms with E-state index >= 15 is 0 Å². The van der Waals surface area contributed by atoms with Gasteiger partial charge in [0, 0.05) is 39.8 Å². The summed E-state index contributed by atoms with van der Waals surface area (Å²) in [6, 6.07) is 16.7. The molecule has 0 spiro atoms. The van der Waals surface area contributed by atoms with Crippen LogP contribution in [0.25, 0.3) is 0 Å². The standard InChI is InChI=1S/C23H29N7O.HI/c1-24-23(26-15-19-6-5-7-20(14-19)16-30-18-25-17-27-30)29-12-10-28(11-13-29)21-8-3-4-9-22(21)31-2;/h3-9,14,17-18H,10-13,15-16H2,1-2H3,(H,24,26);1H. The molecule has 1 N–H and O–H groups in total. The van der Waals surface area contributed by atoms with Gasteiger partial charge < -0.3 is 19.9 Å². The molecule has 2 aromatic carbocycles. The summed E-state index contributed by atoms with van der Waals surface area (Å²) < 4.78 is 7.35. The van der Waals surface area contributed by atoms with Crippen LogP contribution in [-0.2, 0) is 13.1 Å². The van der Waals surface area contributed by atoms with E-state index in [-0.39, 0.29) is 24.0 Å². The maximum atomic E-state index is 5.52. The number of methoxy groups -OCH3 is 1. The lowest BCUT2D eigenvalue weighted by atomic mass is 10.1. The topological polar surface area (TPSA) is 70.8 Å². The number of hydrogen-bond donors (Lipinski definition) is 1. The second-order valence-electron chi connectivity index (χ2n) is 7.46. The molecule has 32 heavy (non-hydrogen) atoms. The Hall–Kier alpha value is -2.82. The summed E-state index contributed by atoms with van der Waals surface area (Å²) in [5, 5.41) is 7.70. The molecule has 8 nitrogen and oxygen atoms in total. The second-order valence-corrected chi connectivity index (χ2v) is 7.46. The van der Waals surface area contributed by atoms with E-state index in [9.17, 15) is 0 Å². The van der Waals surface area contributed by atoms with Gasteiger partial charge in [-0.05, 0) is 23.3 Å². The highest BCUT2D eigenvalue weighted by Gasteiger charge is 2.21. The van der Waals surface area contributed by atoms with Crippen molar-refractivity contribution >= 4 is 35.6 Å². The number of guanidine groups is 1. The first kappa shape index (κ1) is 23.8. The Balaban J connectivity index is 0.00000289. The lowest BCUT2D eigenvalue weighted by Crippen LogP contribution is -2.52. The third-order valence-electron chi connectivity index (χ3n) is 5.47. The molecule has 1 aromatic heterocycles. The van der Waals surface area contributed by atoms with Crippen molar-refractivity contribution < 1.29 is 4.74 Å². The molecule has 2 heterocycles. The minimum atomic E-state index is 0. The van der Waals surface area contributed by atoms with Crippen molar-refractivity contribution in [1.82, 2.24) is 25.0 Å². The van der Waals surface area contributed by atoms with Crippen molar-refractivity contribution in [2.45, 2.75) is 13.1 Å². The predicted molar refractivity (Wildman–Crippen MR) is 138 cm³/mol. The van der Waals surface area contributed by atoms with Crippen molar-refractivity contribution in [1.29, 1.82) is 0 Å². The third-order valence-corrected chi connectivity index (χ3v) is 5.47. The van der Waals surface area contributed by atoms with Crippen LogP contribution in [0.5, 0.6) is 5.75 Å². The van der Waals surface area contributed by atoms with Gasteiger partial charge in [-0.1, -0.05) is 36.4 Å². The maximum absolute atomic E-state index is 5.52. The van der Waals surface area contributed by atoms with Crippen molar-refractivity contribution in [2.75, 3.05) is 45.2 Å². The summed E-state index contributed by atoms with van der Waals surface area (Å²) in [5.41, 5.74) is 3.56. The summed E-state index contributed by atoms with van der Waals surface area (Å²) in [5.74, 6) is 1.85. The lowest BCUT2D eigenvalue weighted by Gasteiger charge is -2.38. The summed E-state index contributed by atoms with van der Waals surface area (Å²) in [6.45, 7) is 5.11. The molecule has 0 aliphatic carbocycles. The van der Waals surface area contributed by atoms with E-state index < -0.39 is 0 Å². The fourth-order valence-electron chi connectivity index (χ4n) is 3.90. The van der Waals surface area contributed by atoms with E-state index in [4.69, 9.17) is 4.74 Å². The first-order valence-electron chi connectivity index (χ1n) is 10.5. The Morgan fingerprint density at radius 2 is 1.84 bits per heavy atom. The van der Waals surface area contributed by atoms with Crippen molar-refractivity contribution in [3.8, 4) is 5.75 Å². The minimum Gasteiger partial charge on any atom is -0.495 e. The average molecular weight is 547 g/mol. The van der Waals surface area contributed by atoms with Crippen LogP contribution in [0.1, 0.15) is 11.1 Å². The van der Waals surface area contributed by atoms with Crippen molar-refractivity contribution in [3.05, 3.63) is 72.3 Å². The molecule has 0 bridgehead atoms. The van der Waals surface area contributed by atoms with Gasteiger partial charge >= 0.3 is 0 Å². The van der Waals surface area contributed by atoms with Crippen LogP contribution in [0.3, 0.4) is 0 Å². The number of piperazine rings is 1. The Morgan fingerprint density at radius 3 is 2.56 bits per heavy atom. The number of anilines is 1. The first-order chi connectivity index (χ1) is 15.3. The van der Waals surface area contributed by atoms with E-state index in [0.29, 0.717) is 6.54 Å². The number of para-hydroxylation sites is 2. The number of aliphatic imine (C=N–C) groups is 1. The van der Waals surface area contributed by atoms with Gasteiger partial charge in [-0.15, -0.1) is 24.0 Å². The zero-order valence-corrected chi connectivity index (χ0v) is 20.8. The van der Waals surface area contributed by atoms with Gasteiger partial charge in [0.25, 0.3) is 0 Å². The van der Waals surface area contributed by atoms with E-state index in [1.54, 1.807) is 19.8 Å². The second kappa shape index (κ2) is 11.7. The summed E-state index contributed by atoms with van der Waals surface area (Å²) in [4.78, 5) is 13.2. The molecule has 0 amide bonds. The van der Waals surface area contributed by atoms with Gasteiger partial charge in [-0.2, -0.15) is 5.10 Å². The smallest absolute Gasteiger partial charge is 0.194 e. The number of ether oxygens (including phenoxy) is 1. The van der Waals surface area contributed by atoms with Crippen LogP contribution in [0.15, 0.2) is 66.2 Å². The predicted octanol–water partition coefficient (Wildman–Crippen LogP) is 2.85. The first-order valence-corrected chi connectivity index (χ1v) is 10.5. The van der Waals surface area contributed by atoms with Crippen LogP contribution in [0.4, 0.5) is 5.69 Å². The fraction of sp³-hybridized carbons (Fsp3) is 0.348. The van der Waals surface area contributed by atoms with E-state index in [1.165, 1.54) is 11.1 Å². The summed E-state index contributed by atoms with van der Waals surface area (Å²) in [6.07, 6.45) is 3.29. The van der Waals surface area contributed by atoms with E-state index in [0.717, 1.165) is 50.1 Å². The molecule has 1 aliphatic rings. The SMILES string of the molecule is CN=C(NCc1cccc(Cn2cncn2)c1)N1CCN(c2ccccc2OC)CC1.I. The van der Waals surface area contributed by atoms with E-state index in [2.05, 4.69) is 66.6 Å². The van der Waals surface area contributed by atoms with Crippen molar-refractivity contribution in [3.63, 3.8) is 0 Å². The Bertz CT molecular complexity index is 1000. The van der Waals surface area contributed by atoms with Gasteiger partial charge in [0.05, 0.1) is 19.3 Å². The molecule has 4 rings (SSSR count). The minimum absolute atomic E-state index is 0. The molecular weight excluding hydrogens is 517 g/mol. The quantitative estimate of drug-likeness (QED) is 0.291.